The van der Waals surface area contributed by atoms with Crippen LogP contribution in [0.25, 0.3) is 0 Å². The van der Waals surface area contributed by atoms with E-state index in [2.05, 4.69) is 16.4 Å². The largest absolute Gasteiger partial charge is 0.444 e. The lowest BCUT2D eigenvalue weighted by Crippen LogP contribution is -2.42. The molecule has 0 unspecified atom stereocenters. The van der Waals surface area contributed by atoms with Crippen LogP contribution in [0.3, 0.4) is 0 Å². The fourth-order valence-electron chi connectivity index (χ4n) is 2.29. The van der Waals surface area contributed by atoms with Crippen LogP contribution in [0.15, 0.2) is 29.0 Å². The summed E-state index contributed by atoms with van der Waals surface area (Å²) in [6, 6.07) is 0.301. The molecule has 0 aliphatic carbocycles. The lowest BCUT2D eigenvalue weighted by molar-refractivity contribution is 0.0207. The predicted molar refractivity (Wildman–Crippen MR) is 84.3 cm³/mol. The molecule has 0 saturated carbocycles. The van der Waals surface area contributed by atoms with Gasteiger partial charge in [0.25, 0.3) is 0 Å². The highest BCUT2D eigenvalue weighted by Gasteiger charge is 2.26. The summed E-state index contributed by atoms with van der Waals surface area (Å²) in [7, 11) is 0. The minimum atomic E-state index is -0.430. The smallest absolute Gasteiger partial charge is 0.410 e. The van der Waals surface area contributed by atoms with Crippen molar-refractivity contribution in [1.82, 2.24) is 10.2 Å². The fraction of sp³-hybridized carbons (Fsp3) is 0.625. The van der Waals surface area contributed by atoms with Gasteiger partial charge in [-0.1, -0.05) is 6.08 Å². The summed E-state index contributed by atoms with van der Waals surface area (Å²) in [4.78, 5) is 18.4. The normalized spacial score (nSPS) is 20.3. The van der Waals surface area contributed by atoms with Crippen molar-refractivity contribution < 1.29 is 9.53 Å². The molecule has 116 valence electrons. The molecule has 0 aromatic carbocycles. The summed E-state index contributed by atoms with van der Waals surface area (Å²) in [5.41, 5.74) is 0.757. The van der Waals surface area contributed by atoms with Gasteiger partial charge in [0.15, 0.2) is 0 Å². The zero-order chi connectivity index (χ0) is 15.3. The number of rotatable bonds is 2. The quantitative estimate of drug-likeness (QED) is 0.796. The molecule has 2 aliphatic rings. The molecule has 2 rings (SSSR count). The number of hydrogen-bond acceptors (Lipinski definition) is 4. The molecule has 5 heteroatoms. The van der Waals surface area contributed by atoms with E-state index in [1.54, 1.807) is 4.90 Å². The number of amides is 1. The first-order valence-corrected chi connectivity index (χ1v) is 7.55. The van der Waals surface area contributed by atoms with Gasteiger partial charge in [-0.25, -0.2) is 4.79 Å². The molecule has 2 heterocycles. The number of allylic oxidation sites excluding steroid dienone is 2. The van der Waals surface area contributed by atoms with Crippen LogP contribution in [0.1, 0.15) is 40.0 Å². The Balaban J connectivity index is 1.76. The number of piperidine rings is 1. The Morgan fingerprint density at radius 3 is 2.71 bits per heavy atom. The molecule has 1 amide bonds. The summed E-state index contributed by atoms with van der Waals surface area (Å²) < 4.78 is 5.39. The van der Waals surface area contributed by atoms with Crippen molar-refractivity contribution in [3.8, 4) is 0 Å². The van der Waals surface area contributed by atoms with Crippen molar-refractivity contribution in [1.29, 1.82) is 0 Å². The fourth-order valence-corrected chi connectivity index (χ4v) is 2.29. The molecule has 0 radical (unpaired) electrons. The number of dihydropyridines is 1. The molecule has 0 bridgehead atoms. The van der Waals surface area contributed by atoms with E-state index in [4.69, 9.17) is 4.74 Å². The number of hydrogen-bond donors (Lipinski definition) is 1. The number of nitrogens with zero attached hydrogens (tertiary/aromatic N) is 2. The van der Waals surface area contributed by atoms with Gasteiger partial charge >= 0.3 is 6.09 Å². The van der Waals surface area contributed by atoms with Crippen molar-refractivity contribution in [2.75, 3.05) is 13.1 Å². The third-order valence-corrected chi connectivity index (χ3v) is 3.40. The molecular weight excluding hydrogens is 266 g/mol. The van der Waals surface area contributed by atoms with Gasteiger partial charge in [-0.2, -0.15) is 0 Å². The molecule has 1 N–H and O–H groups in total. The van der Waals surface area contributed by atoms with Gasteiger partial charge in [-0.15, -0.1) is 0 Å². The van der Waals surface area contributed by atoms with Crippen LogP contribution in [0.4, 0.5) is 4.79 Å². The lowest BCUT2D eigenvalue weighted by Gasteiger charge is -2.32. The van der Waals surface area contributed by atoms with Gasteiger partial charge in [0.05, 0.1) is 6.04 Å². The highest BCUT2D eigenvalue weighted by molar-refractivity contribution is 5.79. The highest BCUT2D eigenvalue weighted by Crippen LogP contribution is 2.17. The van der Waals surface area contributed by atoms with E-state index >= 15 is 0 Å². The van der Waals surface area contributed by atoms with Crippen molar-refractivity contribution in [2.45, 2.75) is 51.7 Å². The van der Waals surface area contributed by atoms with Crippen molar-refractivity contribution in [3.63, 3.8) is 0 Å². The molecule has 0 aromatic heterocycles. The number of likely N-dealkylation sites (tertiary alicyclic amines) is 1. The molecule has 0 aromatic rings. The Morgan fingerprint density at radius 1 is 1.43 bits per heavy atom. The Hall–Kier alpha value is -1.78. The van der Waals surface area contributed by atoms with Gasteiger partial charge in [0.2, 0.25) is 0 Å². The molecule has 1 fully saturated rings. The second-order valence-electron chi connectivity index (χ2n) is 6.47. The van der Waals surface area contributed by atoms with E-state index in [-0.39, 0.29) is 6.09 Å². The van der Waals surface area contributed by atoms with Gasteiger partial charge in [-0.05, 0) is 51.8 Å². The lowest BCUT2D eigenvalue weighted by atomic mass is 10.1. The number of ether oxygens (including phenoxy) is 1. The van der Waals surface area contributed by atoms with Crippen LogP contribution in [0, 0.1) is 0 Å². The van der Waals surface area contributed by atoms with Crippen LogP contribution < -0.4 is 5.32 Å². The predicted octanol–water partition coefficient (Wildman–Crippen LogP) is 2.85. The Labute approximate surface area is 126 Å². The number of nitrogens with one attached hydrogen (secondary N) is 1. The average Bonchev–Trinajstić information content (AvgIpc) is 2.45. The maximum absolute atomic E-state index is 12.0. The summed E-state index contributed by atoms with van der Waals surface area (Å²) in [5.74, 6) is 0. The van der Waals surface area contributed by atoms with Crippen LogP contribution >= 0.6 is 0 Å². The molecule has 21 heavy (non-hydrogen) atoms. The van der Waals surface area contributed by atoms with E-state index in [0.29, 0.717) is 19.1 Å². The second-order valence-corrected chi connectivity index (χ2v) is 6.47. The van der Waals surface area contributed by atoms with E-state index in [0.717, 1.165) is 19.3 Å². The third-order valence-electron chi connectivity index (χ3n) is 3.40. The standard InChI is InChI=1S/C16H25N3O2/c1-16(2,3)21-15(20)19-9-6-14(7-10-19)18-12-13-5-4-8-17-11-13/h4,8,11-12,14,17H,5-7,9-10H2,1-3H3. The van der Waals surface area contributed by atoms with Crippen LogP contribution in [-0.2, 0) is 4.74 Å². The van der Waals surface area contributed by atoms with Crippen molar-refractivity contribution in [3.05, 3.63) is 24.0 Å². The maximum atomic E-state index is 12.0. The Bertz CT molecular complexity index is 453. The van der Waals surface area contributed by atoms with Gasteiger partial charge in [0, 0.05) is 25.5 Å². The van der Waals surface area contributed by atoms with Crippen LogP contribution in [0.5, 0.6) is 0 Å². The zero-order valence-corrected chi connectivity index (χ0v) is 13.1. The van der Waals surface area contributed by atoms with Gasteiger partial charge in [0.1, 0.15) is 5.60 Å². The summed E-state index contributed by atoms with van der Waals surface area (Å²) in [5, 5.41) is 3.06. The molecule has 1 saturated heterocycles. The molecule has 0 spiro atoms. The van der Waals surface area contributed by atoms with E-state index in [9.17, 15) is 4.79 Å². The van der Waals surface area contributed by atoms with Gasteiger partial charge in [-0.3, -0.25) is 4.99 Å². The van der Waals surface area contributed by atoms with Gasteiger partial charge < -0.3 is 15.0 Å². The molecule has 5 nitrogen and oxygen atoms in total. The average molecular weight is 291 g/mol. The SMILES string of the molecule is CC(C)(C)OC(=O)N1CCC(N=CC2=CNC=CC2)CC1. The Morgan fingerprint density at radius 2 is 2.14 bits per heavy atom. The van der Waals surface area contributed by atoms with Crippen molar-refractivity contribution in [2.24, 2.45) is 4.99 Å². The first kappa shape index (κ1) is 15.6. The Kier molecular flexibility index (Phi) is 5.04. The number of carbonyl (C=O) groups excluding carboxylic acids is 1. The van der Waals surface area contributed by atoms with Crippen LogP contribution in [0.2, 0.25) is 0 Å². The third kappa shape index (κ3) is 5.25. The summed E-state index contributed by atoms with van der Waals surface area (Å²) >= 11 is 0. The number of carbonyl (C=O) groups is 1. The molecule has 0 atom stereocenters. The number of aliphatic imine (C=N–C) groups is 1. The second kappa shape index (κ2) is 6.78. The minimum absolute atomic E-state index is 0.214. The van der Waals surface area contributed by atoms with E-state index in [1.807, 2.05) is 39.4 Å². The van der Waals surface area contributed by atoms with E-state index < -0.39 is 5.60 Å². The molecule has 2 aliphatic heterocycles. The van der Waals surface area contributed by atoms with Crippen molar-refractivity contribution >= 4 is 12.3 Å². The van der Waals surface area contributed by atoms with E-state index in [1.165, 1.54) is 5.57 Å². The van der Waals surface area contributed by atoms with Crippen LogP contribution in [-0.4, -0.2) is 41.9 Å². The zero-order valence-electron chi connectivity index (χ0n) is 13.1. The first-order valence-electron chi connectivity index (χ1n) is 7.55. The summed E-state index contributed by atoms with van der Waals surface area (Å²) in [6.45, 7) is 7.11. The highest BCUT2D eigenvalue weighted by atomic mass is 16.6. The molecular formula is C16H25N3O2. The minimum Gasteiger partial charge on any atom is -0.444 e. The maximum Gasteiger partial charge on any atom is 0.410 e. The first-order chi connectivity index (χ1) is 9.94. The monoisotopic (exact) mass is 291 g/mol. The summed E-state index contributed by atoms with van der Waals surface area (Å²) in [6.07, 6.45) is 10.4. The topological polar surface area (TPSA) is 53.9 Å².